The smallest absolute Gasteiger partial charge is 0.0575 e. The van der Waals surface area contributed by atoms with Crippen LogP contribution in [0.2, 0.25) is 0 Å². The highest BCUT2D eigenvalue weighted by atomic mass is 16.5. The average Bonchev–Trinajstić information content (AvgIpc) is 2.66. The molecule has 0 aromatic rings. The topological polar surface area (TPSA) is 9.23 Å². The highest BCUT2D eigenvalue weighted by molar-refractivity contribution is 4.92. The summed E-state index contributed by atoms with van der Waals surface area (Å²) < 4.78 is 6.14. The average molecular weight is 349 g/mol. The molecule has 0 heterocycles. The summed E-state index contributed by atoms with van der Waals surface area (Å²) in [6, 6.07) is 0. The third-order valence-corrected chi connectivity index (χ3v) is 6.69. The molecule has 0 amide bonds. The van der Waals surface area contributed by atoms with E-state index in [2.05, 4.69) is 26.0 Å². The Morgan fingerprint density at radius 1 is 0.720 bits per heavy atom. The van der Waals surface area contributed by atoms with Gasteiger partial charge in [0.1, 0.15) is 0 Å². The quantitative estimate of drug-likeness (QED) is 0.274. The van der Waals surface area contributed by atoms with Crippen molar-refractivity contribution in [3.8, 4) is 0 Å². The van der Waals surface area contributed by atoms with Crippen LogP contribution >= 0.6 is 0 Å². The molecular weight excluding hydrogens is 304 g/mol. The van der Waals surface area contributed by atoms with Crippen molar-refractivity contribution in [2.45, 2.75) is 116 Å². The third kappa shape index (κ3) is 8.29. The zero-order valence-corrected chi connectivity index (χ0v) is 17.2. The van der Waals surface area contributed by atoms with Gasteiger partial charge in [0.05, 0.1) is 6.10 Å². The highest BCUT2D eigenvalue weighted by Gasteiger charge is 2.30. The minimum atomic E-state index is 0.579. The van der Waals surface area contributed by atoms with Crippen molar-refractivity contribution in [1.82, 2.24) is 0 Å². The van der Waals surface area contributed by atoms with E-state index in [1.165, 1.54) is 96.3 Å². The van der Waals surface area contributed by atoms with Crippen LogP contribution < -0.4 is 0 Å². The molecule has 1 heteroatoms. The second kappa shape index (κ2) is 13.0. The Morgan fingerprint density at radius 3 is 2.00 bits per heavy atom. The predicted molar refractivity (Wildman–Crippen MR) is 110 cm³/mol. The lowest BCUT2D eigenvalue weighted by atomic mass is 9.70. The fraction of sp³-hybridized carbons (Fsp3) is 0.917. The first-order valence-corrected chi connectivity index (χ1v) is 11.6. The maximum absolute atomic E-state index is 6.14. The number of ether oxygens (including phenoxy) is 1. The van der Waals surface area contributed by atoms with Gasteiger partial charge in [0, 0.05) is 6.61 Å². The minimum Gasteiger partial charge on any atom is -0.378 e. The molecule has 0 unspecified atom stereocenters. The number of hydrogen-bond acceptors (Lipinski definition) is 1. The molecular formula is C24H44O. The highest BCUT2D eigenvalue weighted by Crippen LogP contribution is 2.40. The van der Waals surface area contributed by atoms with Crippen LogP contribution in [-0.4, -0.2) is 12.7 Å². The Kier molecular flexibility index (Phi) is 10.9. The van der Waals surface area contributed by atoms with E-state index in [0.29, 0.717) is 6.10 Å². The summed E-state index contributed by atoms with van der Waals surface area (Å²) in [5.74, 6) is 2.91. The SMILES string of the molecule is CCCC/C=C/C1CCC(C2CCC(OCCCCCC)CC2)CC1. The molecule has 0 aromatic heterocycles. The van der Waals surface area contributed by atoms with Crippen LogP contribution in [0.25, 0.3) is 0 Å². The maximum atomic E-state index is 6.14. The van der Waals surface area contributed by atoms with Gasteiger partial charge in [-0.05, 0) is 82.0 Å². The van der Waals surface area contributed by atoms with Gasteiger partial charge in [0.15, 0.2) is 0 Å². The van der Waals surface area contributed by atoms with Crippen LogP contribution in [-0.2, 0) is 4.74 Å². The minimum absolute atomic E-state index is 0.579. The van der Waals surface area contributed by atoms with Gasteiger partial charge in [0.2, 0.25) is 0 Å². The van der Waals surface area contributed by atoms with E-state index in [-0.39, 0.29) is 0 Å². The van der Waals surface area contributed by atoms with Crippen molar-refractivity contribution >= 4 is 0 Å². The third-order valence-electron chi connectivity index (χ3n) is 6.69. The van der Waals surface area contributed by atoms with Crippen molar-refractivity contribution in [3.05, 3.63) is 12.2 Å². The van der Waals surface area contributed by atoms with Crippen molar-refractivity contribution in [1.29, 1.82) is 0 Å². The molecule has 0 radical (unpaired) electrons. The molecule has 2 fully saturated rings. The Bertz CT molecular complexity index is 332. The summed E-state index contributed by atoms with van der Waals surface area (Å²) in [5.41, 5.74) is 0. The Balaban J connectivity index is 1.55. The van der Waals surface area contributed by atoms with Crippen molar-refractivity contribution < 1.29 is 4.74 Å². The molecule has 2 saturated carbocycles. The molecule has 0 bridgehead atoms. The summed E-state index contributed by atoms with van der Waals surface area (Å²) in [6.07, 6.45) is 26.2. The van der Waals surface area contributed by atoms with E-state index in [1.54, 1.807) is 0 Å². The normalized spacial score (nSPS) is 30.8. The lowest BCUT2D eigenvalue weighted by Crippen LogP contribution is -2.28. The molecule has 0 atom stereocenters. The van der Waals surface area contributed by atoms with E-state index in [4.69, 9.17) is 4.74 Å². The summed E-state index contributed by atoms with van der Waals surface area (Å²) in [7, 11) is 0. The van der Waals surface area contributed by atoms with Gasteiger partial charge in [-0.25, -0.2) is 0 Å². The van der Waals surface area contributed by atoms with E-state index < -0.39 is 0 Å². The summed E-state index contributed by atoms with van der Waals surface area (Å²) in [5, 5.41) is 0. The lowest BCUT2D eigenvalue weighted by molar-refractivity contribution is 0.00597. The molecule has 25 heavy (non-hydrogen) atoms. The van der Waals surface area contributed by atoms with Crippen molar-refractivity contribution in [3.63, 3.8) is 0 Å². The molecule has 0 aromatic carbocycles. The van der Waals surface area contributed by atoms with Gasteiger partial charge in [0.25, 0.3) is 0 Å². The molecule has 2 aliphatic rings. The molecule has 146 valence electrons. The van der Waals surface area contributed by atoms with Crippen LogP contribution in [0.5, 0.6) is 0 Å². The second-order valence-electron chi connectivity index (χ2n) is 8.71. The van der Waals surface area contributed by atoms with Crippen LogP contribution in [0, 0.1) is 17.8 Å². The number of hydrogen-bond donors (Lipinski definition) is 0. The van der Waals surface area contributed by atoms with Gasteiger partial charge < -0.3 is 4.74 Å². The van der Waals surface area contributed by atoms with Gasteiger partial charge in [-0.2, -0.15) is 0 Å². The lowest BCUT2D eigenvalue weighted by Gasteiger charge is -2.37. The predicted octanol–water partition coefficient (Wildman–Crippen LogP) is 7.69. The van der Waals surface area contributed by atoms with Crippen molar-refractivity contribution in [2.75, 3.05) is 6.61 Å². The first-order chi connectivity index (χ1) is 12.3. The Morgan fingerprint density at radius 2 is 1.36 bits per heavy atom. The monoisotopic (exact) mass is 348 g/mol. The fourth-order valence-electron chi connectivity index (χ4n) is 4.93. The molecule has 0 saturated heterocycles. The van der Waals surface area contributed by atoms with E-state index in [1.807, 2.05) is 0 Å². The molecule has 1 nitrogen and oxygen atoms in total. The zero-order chi connectivity index (χ0) is 17.7. The van der Waals surface area contributed by atoms with Crippen LogP contribution in [0.3, 0.4) is 0 Å². The van der Waals surface area contributed by atoms with Crippen LogP contribution in [0.1, 0.15) is 110 Å². The van der Waals surface area contributed by atoms with Gasteiger partial charge in [-0.3, -0.25) is 0 Å². The summed E-state index contributed by atoms with van der Waals surface area (Å²) >= 11 is 0. The Hall–Kier alpha value is -0.300. The van der Waals surface area contributed by atoms with Gasteiger partial charge >= 0.3 is 0 Å². The van der Waals surface area contributed by atoms with Gasteiger partial charge in [-0.1, -0.05) is 58.1 Å². The van der Waals surface area contributed by atoms with E-state index in [9.17, 15) is 0 Å². The number of rotatable bonds is 11. The molecule has 0 spiro atoms. The Labute approximate surface area is 158 Å². The fourth-order valence-corrected chi connectivity index (χ4v) is 4.93. The molecule has 0 N–H and O–H groups in total. The summed E-state index contributed by atoms with van der Waals surface area (Å²) in [4.78, 5) is 0. The van der Waals surface area contributed by atoms with E-state index >= 15 is 0 Å². The van der Waals surface area contributed by atoms with E-state index in [0.717, 1.165) is 24.4 Å². The van der Waals surface area contributed by atoms with Crippen LogP contribution in [0.4, 0.5) is 0 Å². The van der Waals surface area contributed by atoms with Crippen molar-refractivity contribution in [2.24, 2.45) is 17.8 Å². The van der Waals surface area contributed by atoms with Gasteiger partial charge in [-0.15, -0.1) is 0 Å². The van der Waals surface area contributed by atoms with Crippen LogP contribution in [0.15, 0.2) is 12.2 Å². The maximum Gasteiger partial charge on any atom is 0.0575 e. The first kappa shape index (κ1) is 21.0. The largest absolute Gasteiger partial charge is 0.378 e. The summed E-state index contributed by atoms with van der Waals surface area (Å²) in [6.45, 7) is 5.56. The zero-order valence-electron chi connectivity index (χ0n) is 17.2. The number of unbranched alkanes of at least 4 members (excludes halogenated alkanes) is 5. The second-order valence-corrected chi connectivity index (χ2v) is 8.71. The first-order valence-electron chi connectivity index (χ1n) is 11.6. The molecule has 0 aliphatic heterocycles. The number of allylic oxidation sites excluding steroid dienone is 2. The molecule has 2 aliphatic carbocycles. The standard InChI is InChI=1S/C24H44O/c1-3-5-7-9-11-21-12-14-22(15-13-21)23-16-18-24(19-17-23)25-20-10-8-6-4-2/h9,11,21-24H,3-8,10,12-20H2,1-2H3/b11-9+. The molecule has 2 rings (SSSR count).